The predicted molar refractivity (Wildman–Crippen MR) is 104 cm³/mol. The fourth-order valence-electron chi connectivity index (χ4n) is 3.28. The van der Waals surface area contributed by atoms with Crippen LogP contribution in [0.15, 0.2) is 42.7 Å². The molecule has 0 saturated heterocycles. The lowest BCUT2D eigenvalue weighted by Gasteiger charge is -2.29. The number of benzene rings is 1. The largest absolute Gasteiger partial charge is 0.416 e. The summed E-state index contributed by atoms with van der Waals surface area (Å²) in [5, 5.41) is 3.14. The summed E-state index contributed by atoms with van der Waals surface area (Å²) in [5.74, 6) is 1.68. The molecule has 3 heterocycles. The summed E-state index contributed by atoms with van der Waals surface area (Å²) in [6.07, 6.45) is -0.359. The topological polar surface area (TPSA) is 76.1 Å². The predicted octanol–water partition coefficient (Wildman–Crippen LogP) is 3.74. The number of ether oxygens (including phenoxy) is 1. The minimum absolute atomic E-state index is 0.219. The fourth-order valence-corrected chi connectivity index (χ4v) is 3.28. The van der Waals surface area contributed by atoms with Crippen molar-refractivity contribution in [2.75, 3.05) is 23.9 Å². The third kappa shape index (κ3) is 4.33. The summed E-state index contributed by atoms with van der Waals surface area (Å²) < 4.78 is 43.6. The van der Waals surface area contributed by atoms with Crippen LogP contribution in [0.3, 0.4) is 0 Å². The number of hydrogen-bond donors (Lipinski definition) is 1. The lowest BCUT2D eigenvalue weighted by Crippen LogP contribution is -2.33. The monoisotopic (exact) mass is 416 g/mol. The molecule has 0 spiro atoms. The molecule has 3 aromatic rings. The number of rotatable bonds is 5. The molecule has 0 amide bonds. The average Bonchev–Trinajstić information content (AvgIpc) is 2.74. The minimum Gasteiger partial charge on any atom is -0.377 e. The number of anilines is 3. The van der Waals surface area contributed by atoms with Crippen LogP contribution in [0.2, 0.25) is 0 Å². The van der Waals surface area contributed by atoms with Gasteiger partial charge in [-0.1, -0.05) is 0 Å². The Morgan fingerprint density at radius 2 is 1.83 bits per heavy atom. The summed E-state index contributed by atoms with van der Waals surface area (Å²) in [7, 11) is 1.55. The van der Waals surface area contributed by atoms with E-state index >= 15 is 0 Å². The highest BCUT2D eigenvalue weighted by Crippen LogP contribution is 2.31. The fraction of sp³-hybridized carbons (Fsp3) is 0.300. The van der Waals surface area contributed by atoms with E-state index in [1.54, 1.807) is 25.6 Å². The molecular weight excluding hydrogens is 397 g/mol. The van der Waals surface area contributed by atoms with Crippen molar-refractivity contribution < 1.29 is 17.9 Å². The highest BCUT2D eigenvalue weighted by Gasteiger charge is 2.30. The molecule has 2 aromatic heterocycles. The van der Waals surface area contributed by atoms with Gasteiger partial charge in [0.15, 0.2) is 5.82 Å². The molecule has 7 nitrogen and oxygen atoms in total. The van der Waals surface area contributed by atoms with Crippen LogP contribution >= 0.6 is 0 Å². The number of methoxy groups -OCH3 is 1. The van der Waals surface area contributed by atoms with Crippen molar-refractivity contribution in [2.24, 2.45) is 0 Å². The smallest absolute Gasteiger partial charge is 0.377 e. The summed E-state index contributed by atoms with van der Waals surface area (Å²) in [4.78, 5) is 19.7. The quantitative estimate of drug-likeness (QED) is 0.679. The van der Waals surface area contributed by atoms with E-state index in [1.165, 1.54) is 12.1 Å². The van der Waals surface area contributed by atoms with Crippen molar-refractivity contribution in [1.82, 2.24) is 19.9 Å². The van der Waals surface area contributed by atoms with Crippen LogP contribution < -0.4 is 10.2 Å². The van der Waals surface area contributed by atoms with Crippen molar-refractivity contribution in [3.8, 4) is 0 Å². The van der Waals surface area contributed by atoms with Gasteiger partial charge in [0.2, 0.25) is 5.95 Å². The van der Waals surface area contributed by atoms with Crippen molar-refractivity contribution in [1.29, 1.82) is 0 Å². The maximum atomic E-state index is 12.8. The number of halogens is 3. The lowest BCUT2D eigenvalue weighted by atomic mass is 10.1. The van der Waals surface area contributed by atoms with Crippen molar-refractivity contribution in [3.05, 3.63) is 65.4 Å². The molecule has 4 rings (SSSR count). The maximum Gasteiger partial charge on any atom is 0.416 e. The highest BCUT2D eigenvalue weighted by molar-refractivity contribution is 5.61. The summed E-state index contributed by atoms with van der Waals surface area (Å²) in [5.41, 5.74) is 1.55. The summed E-state index contributed by atoms with van der Waals surface area (Å²) in [6, 6.07) is 6.62. The third-order valence-corrected chi connectivity index (χ3v) is 4.69. The molecule has 0 fully saturated rings. The molecular formula is C20H19F3N6O. The number of hydrogen-bond acceptors (Lipinski definition) is 7. The van der Waals surface area contributed by atoms with Crippen molar-refractivity contribution in [3.63, 3.8) is 0 Å². The van der Waals surface area contributed by atoms with Gasteiger partial charge in [-0.3, -0.25) is 0 Å². The number of alkyl halides is 3. The van der Waals surface area contributed by atoms with Gasteiger partial charge in [0.1, 0.15) is 12.4 Å². The second-order valence-electron chi connectivity index (χ2n) is 6.77. The van der Waals surface area contributed by atoms with Gasteiger partial charge < -0.3 is 15.0 Å². The van der Waals surface area contributed by atoms with Gasteiger partial charge in [-0.2, -0.15) is 13.2 Å². The van der Waals surface area contributed by atoms with E-state index in [9.17, 15) is 13.2 Å². The first-order chi connectivity index (χ1) is 14.4. The first-order valence-electron chi connectivity index (χ1n) is 9.28. The van der Waals surface area contributed by atoms with Gasteiger partial charge >= 0.3 is 6.18 Å². The normalized spacial score (nSPS) is 13.8. The standard InChI is InChI=1S/C20H19F3N6O/c1-30-12-17-27-16-11-29(19-24-8-2-9-25-19)10-7-15(16)18(28-17)26-14-5-3-13(4-6-14)20(21,22)23/h2-6,8-9H,7,10-12H2,1H3,(H,26,27,28). The van der Waals surface area contributed by atoms with Gasteiger partial charge in [0, 0.05) is 37.3 Å². The van der Waals surface area contributed by atoms with E-state index in [0.717, 1.165) is 23.4 Å². The Kier molecular flexibility index (Phi) is 5.49. The van der Waals surface area contributed by atoms with Crippen LogP contribution in [0.4, 0.5) is 30.6 Å². The van der Waals surface area contributed by atoms with E-state index in [2.05, 4.69) is 25.3 Å². The van der Waals surface area contributed by atoms with E-state index in [0.29, 0.717) is 42.8 Å². The Morgan fingerprint density at radius 1 is 1.10 bits per heavy atom. The molecule has 30 heavy (non-hydrogen) atoms. The molecule has 156 valence electrons. The molecule has 0 bridgehead atoms. The van der Waals surface area contributed by atoms with Gasteiger partial charge in [-0.25, -0.2) is 19.9 Å². The van der Waals surface area contributed by atoms with Gasteiger partial charge in [0.25, 0.3) is 0 Å². The Labute approximate surface area is 171 Å². The molecule has 0 aliphatic carbocycles. The van der Waals surface area contributed by atoms with Crippen molar-refractivity contribution >= 4 is 17.5 Å². The van der Waals surface area contributed by atoms with Crippen LogP contribution in [0, 0.1) is 0 Å². The SMILES string of the molecule is COCc1nc2c(c(Nc3ccc(C(F)(F)F)cc3)n1)CCN(c1ncccn1)C2. The first kappa shape index (κ1) is 20.0. The van der Waals surface area contributed by atoms with Gasteiger partial charge in [0.05, 0.1) is 17.8 Å². The van der Waals surface area contributed by atoms with Crippen LogP contribution in [-0.2, 0) is 30.5 Å². The zero-order chi connectivity index (χ0) is 21.1. The second-order valence-corrected chi connectivity index (χ2v) is 6.77. The Balaban J connectivity index is 1.63. The molecule has 0 saturated carbocycles. The Morgan fingerprint density at radius 3 is 2.50 bits per heavy atom. The zero-order valence-corrected chi connectivity index (χ0v) is 16.1. The van der Waals surface area contributed by atoms with Crippen LogP contribution in [0.5, 0.6) is 0 Å². The van der Waals surface area contributed by atoms with E-state index in [-0.39, 0.29) is 6.61 Å². The molecule has 0 unspecified atom stereocenters. The molecule has 1 N–H and O–H groups in total. The second kappa shape index (κ2) is 8.23. The number of fused-ring (bicyclic) bond motifs is 1. The van der Waals surface area contributed by atoms with E-state index in [4.69, 9.17) is 4.74 Å². The number of aromatic nitrogens is 4. The molecule has 1 aliphatic rings. The summed E-state index contributed by atoms with van der Waals surface area (Å²) in [6.45, 7) is 1.39. The minimum atomic E-state index is -4.37. The molecule has 0 radical (unpaired) electrons. The first-order valence-corrected chi connectivity index (χ1v) is 9.28. The summed E-state index contributed by atoms with van der Waals surface area (Å²) >= 11 is 0. The van der Waals surface area contributed by atoms with Crippen LogP contribution in [-0.4, -0.2) is 33.6 Å². The number of nitrogens with zero attached hydrogens (tertiary/aromatic N) is 5. The highest BCUT2D eigenvalue weighted by atomic mass is 19.4. The third-order valence-electron chi connectivity index (χ3n) is 4.69. The van der Waals surface area contributed by atoms with Gasteiger partial charge in [-0.05, 0) is 36.8 Å². The Bertz CT molecular complexity index is 1010. The van der Waals surface area contributed by atoms with Gasteiger partial charge in [-0.15, -0.1) is 0 Å². The molecule has 1 aliphatic heterocycles. The average molecular weight is 416 g/mol. The van der Waals surface area contributed by atoms with E-state index < -0.39 is 11.7 Å². The molecule has 0 atom stereocenters. The maximum absolute atomic E-state index is 12.8. The molecule has 10 heteroatoms. The van der Waals surface area contributed by atoms with Crippen LogP contribution in [0.25, 0.3) is 0 Å². The Hall–Kier alpha value is -3.27. The lowest BCUT2D eigenvalue weighted by molar-refractivity contribution is -0.137. The van der Waals surface area contributed by atoms with Crippen molar-refractivity contribution in [2.45, 2.75) is 25.7 Å². The van der Waals surface area contributed by atoms with E-state index in [1.807, 2.05) is 4.90 Å². The zero-order valence-electron chi connectivity index (χ0n) is 16.1. The number of nitrogens with one attached hydrogen (secondary N) is 1. The van der Waals surface area contributed by atoms with Crippen LogP contribution in [0.1, 0.15) is 22.6 Å². The molecule has 1 aromatic carbocycles.